The molecule has 1 saturated heterocycles. The predicted octanol–water partition coefficient (Wildman–Crippen LogP) is 4.83. The van der Waals surface area contributed by atoms with Gasteiger partial charge in [-0.25, -0.2) is 0 Å². The van der Waals surface area contributed by atoms with Gasteiger partial charge in [-0.1, -0.05) is 11.8 Å². The average molecular weight is 500 g/mol. The number of thioether (sulfide) groups is 1. The molecule has 0 spiro atoms. The van der Waals surface area contributed by atoms with Crippen molar-refractivity contribution in [1.82, 2.24) is 19.7 Å². The van der Waals surface area contributed by atoms with Crippen LogP contribution in [0.2, 0.25) is 0 Å². The van der Waals surface area contributed by atoms with Crippen molar-refractivity contribution in [1.29, 1.82) is 0 Å². The van der Waals surface area contributed by atoms with E-state index < -0.39 is 0 Å². The van der Waals surface area contributed by atoms with Gasteiger partial charge in [0.25, 0.3) is 0 Å². The average Bonchev–Trinajstić information content (AvgIpc) is 3.55. The number of Topliss-reactive ketones (excluding diaryl/α,β-unsaturated/α-hetero) is 1. The minimum Gasteiger partial charge on any atom is -0.494 e. The zero-order valence-corrected chi connectivity index (χ0v) is 20.6. The molecule has 1 aliphatic heterocycles. The number of nitrogens with zero attached hydrogens (tertiary/aromatic N) is 5. The van der Waals surface area contributed by atoms with E-state index in [0.717, 1.165) is 35.7 Å². The molecule has 0 atom stereocenters. The van der Waals surface area contributed by atoms with Gasteiger partial charge in [-0.2, -0.15) is 0 Å². The first-order valence-electron chi connectivity index (χ1n) is 11.8. The molecule has 0 saturated carbocycles. The molecular weight excluding hydrogens is 474 g/mol. The van der Waals surface area contributed by atoms with E-state index in [-0.39, 0.29) is 17.4 Å². The molecule has 8 nitrogen and oxygen atoms in total. The lowest BCUT2D eigenvalue weighted by Crippen LogP contribution is -2.23. The van der Waals surface area contributed by atoms with E-state index in [1.54, 1.807) is 29.4 Å². The summed E-state index contributed by atoms with van der Waals surface area (Å²) in [4.78, 5) is 30.8. The van der Waals surface area contributed by atoms with Crippen molar-refractivity contribution in [2.45, 2.75) is 24.9 Å². The Balaban J connectivity index is 1.37. The van der Waals surface area contributed by atoms with Crippen LogP contribution in [0.1, 0.15) is 30.1 Å². The summed E-state index contributed by atoms with van der Waals surface area (Å²) >= 11 is 1.33. The second-order valence-electron chi connectivity index (χ2n) is 8.21. The van der Waals surface area contributed by atoms with Gasteiger partial charge in [0.05, 0.1) is 12.4 Å². The fourth-order valence-corrected chi connectivity index (χ4v) is 4.95. The SMILES string of the molecule is CCOc1ccc(-n2c(SCC(=O)c3ccc(N4CCCC4=O)cc3)nnc2-c2ccncc2)cc1. The van der Waals surface area contributed by atoms with Crippen molar-refractivity contribution in [2.75, 3.05) is 23.8 Å². The monoisotopic (exact) mass is 499 g/mol. The Morgan fingerprint density at radius 3 is 2.36 bits per heavy atom. The summed E-state index contributed by atoms with van der Waals surface area (Å²) in [6.45, 7) is 3.26. The number of aromatic nitrogens is 4. The van der Waals surface area contributed by atoms with Crippen LogP contribution in [-0.4, -0.2) is 50.3 Å². The van der Waals surface area contributed by atoms with Crippen LogP contribution in [-0.2, 0) is 4.79 Å². The molecule has 5 rings (SSSR count). The Morgan fingerprint density at radius 1 is 0.972 bits per heavy atom. The molecule has 2 aromatic heterocycles. The number of carbonyl (C=O) groups is 2. The van der Waals surface area contributed by atoms with Gasteiger partial charge in [0, 0.05) is 47.9 Å². The maximum atomic E-state index is 13.0. The first-order chi connectivity index (χ1) is 17.6. The quantitative estimate of drug-likeness (QED) is 0.241. The molecule has 0 N–H and O–H groups in total. The predicted molar refractivity (Wildman–Crippen MR) is 139 cm³/mol. The fraction of sp³-hybridized carbons (Fsp3) is 0.222. The Bertz CT molecular complexity index is 1350. The van der Waals surface area contributed by atoms with Crippen molar-refractivity contribution in [2.24, 2.45) is 0 Å². The summed E-state index contributed by atoms with van der Waals surface area (Å²) in [5, 5.41) is 9.43. The van der Waals surface area contributed by atoms with E-state index >= 15 is 0 Å². The summed E-state index contributed by atoms with van der Waals surface area (Å²) in [5.41, 5.74) is 3.17. The maximum Gasteiger partial charge on any atom is 0.227 e. The maximum absolute atomic E-state index is 13.0. The number of carbonyl (C=O) groups excluding carboxylic acids is 2. The van der Waals surface area contributed by atoms with E-state index in [1.165, 1.54) is 11.8 Å². The fourth-order valence-electron chi connectivity index (χ4n) is 4.10. The van der Waals surface area contributed by atoms with Crippen molar-refractivity contribution >= 4 is 29.1 Å². The van der Waals surface area contributed by atoms with Crippen LogP contribution in [0.3, 0.4) is 0 Å². The van der Waals surface area contributed by atoms with Gasteiger partial charge in [0.1, 0.15) is 5.75 Å². The first-order valence-corrected chi connectivity index (χ1v) is 12.8. The summed E-state index contributed by atoms with van der Waals surface area (Å²) in [6.07, 6.45) is 4.87. The Labute approximate surface area is 213 Å². The van der Waals surface area contributed by atoms with E-state index in [0.29, 0.717) is 29.6 Å². The van der Waals surface area contributed by atoms with Crippen LogP contribution in [0.15, 0.2) is 78.2 Å². The second kappa shape index (κ2) is 10.7. The summed E-state index contributed by atoms with van der Waals surface area (Å²) in [6, 6.07) is 18.7. The van der Waals surface area contributed by atoms with Crippen molar-refractivity contribution in [3.05, 3.63) is 78.6 Å². The molecule has 0 radical (unpaired) electrons. The highest BCUT2D eigenvalue weighted by Gasteiger charge is 2.22. The smallest absolute Gasteiger partial charge is 0.227 e. The topological polar surface area (TPSA) is 90.2 Å². The Kier molecular flexibility index (Phi) is 7.08. The zero-order chi connectivity index (χ0) is 24.9. The summed E-state index contributed by atoms with van der Waals surface area (Å²) in [5.74, 6) is 1.75. The highest BCUT2D eigenvalue weighted by atomic mass is 32.2. The third-order valence-electron chi connectivity index (χ3n) is 5.88. The van der Waals surface area contributed by atoms with Gasteiger partial charge in [0.15, 0.2) is 16.8 Å². The molecule has 182 valence electrons. The molecule has 3 heterocycles. The zero-order valence-electron chi connectivity index (χ0n) is 19.8. The van der Waals surface area contributed by atoms with Gasteiger partial charge in [-0.3, -0.25) is 19.1 Å². The number of benzene rings is 2. The number of ketones is 1. The van der Waals surface area contributed by atoms with Crippen molar-refractivity contribution in [3.8, 4) is 22.8 Å². The second-order valence-corrected chi connectivity index (χ2v) is 9.15. The normalized spacial score (nSPS) is 13.2. The van der Waals surface area contributed by atoms with Crippen LogP contribution < -0.4 is 9.64 Å². The Morgan fingerprint density at radius 2 is 1.69 bits per heavy atom. The van der Waals surface area contributed by atoms with Crippen LogP contribution in [0.4, 0.5) is 5.69 Å². The lowest BCUT2D eigenvalue weighted by atomic mass is 10.1. The molecule has 9 heteroatoms. The molecule has 4 aromatic rings. The van der Waals surface area contributed by atoms with Crippen LogP contribution in [0, 0.1) is 0 Å². The third kappa shape index (κ3) is 5.01. The van der Waals surface area contributed by atoms with Gasteiger partial charge in [-0.15, -0.1) is 10.2 Å². The Hall–Kier alpha value is -3.98. The molecule has 0 unspecified atom stereocenters. The van der Waals surface area contributed by atoms with E-state index in [9.17, 15) is 9.59 Å². The minimum absolute atomic E-state index is 0.0222. The minimum atomic E-state index is -0.0222. The van der Waals surface area contributed by atoms with Gasteiger partial charge in [-0.05, 0) is 74.0 Å². The number of pyridine rings is 1. The number of anilines is 1. The third-order valence-corrected chi connectivity index (χ3v) is 6.81. The number of rotatable bonds is 9. The highest BCUT2D eigenvalue weighted by molar-refractivity contribution is 7.99. The van der Waals surface area contributed by atoms with Gasteiger partial charge >= 0.3 is 0 Å². The van der Waals surface area contributed by atoms with Gasteiger partial charge < -0.3 is 9.64 Å². The van der Waals surface area contributed by atoms with Crippen LogP contribution >= 0.6 is 11.8 Å². The number of hydrogen-bond donors (Lipinski definition) is 0. The first kappa shape index (κ1) is 23.7. The largest absolute Gasteiger partial charge is 0.494 e. The number of hydrogen-bond acceptors (Lipinski definition) is 7. The molecule has 36 heavy (non-hydrogen) atoms. The van der Waals surface area contributed by atoms with Crippen LogP contribution in [0.25, 0.3) is 17.1 Å². The number of amides is 1. The molecule has 0 bridgehead atoms. The number of ether oxygens (including phenoxy) is 1. The molecule has 1 amide bonds. The lowest BCUT2D eigenvalue weighted by molar-refractivity contribution is -0.117. The van der Waals surface area contributed by atoms with Gasteiger partial charge in [0.2, 0.25) is 5.91 Å². The highest BCUT2D eigenvalue weighted by Crippen LogP contribution is 2.29. The molecule has 1 fully saturated rings. The lowest BCUT2D eigenvalue weighted by Gasteiger charge is -2.15. The molecule has 1 aliphatic rings. The molecule has 2 aromatic carbocycles. The standard InChI is InChI=1S/C27H25N5O3S/c1-2-35-23-11-9-22(10-12-23)32-26(20-13-15-28-16-14-20)29-30-27(32)36-18-24(33)19-5-7-21(8-6-19)31-17-3-4-25(31)34/h5-16H,2-4,17-18H2,1H3. The summed E-state index contributed by atoms with van der Waals surface area (Å²) < 4.78 is 7.51. The van der Waals surface area contributed by atoms with Crippen molar-refractivity contribution < 1.29 is 14.3 Å². The molecular formula is C27H25N5O3S. The van der Waals surface area contributed by atoms with Crippen molar-refractivity contribution in [3.63, 3.8) is 0 Å². The van der Waals surface area contributed by atoms with E-state index in [2.05, 4.69) is 15.2 Å². The van der Waals surface area contributed by atoms with Crippen LogP contribution in [0.5, 0.6) is 5.75 Å². The summed E-state index contributed by atoms with van der Waals surface area (Å²) in [7, 11) is 0. The van der Waals surface area contributed by atoms with E-state index in [1.807, 2.05) is 60.0 Å². The molecule has 0 aliphatic carbocycles. The van der Waals surface area contributed by atoms with E-state index in [4.69, 9.17) is 4.74 Å².